The topological polar surface area (TPSA) is 92.1 Å². The van der Waals surface area contributed by atoms with Crippen LogP contribution in [-0.4, -0.2) is 35.0 Å². The molecule has 0 atom stereocenters. The summed E-state index contributed by atoms with van der Waals surface area (Å²) in [4.78, 5) is 0.251. The molecule has 1 heterocycles. The van der Waals surface area contributed by atoms with Crippen LogP contribution in [0.5, 0.6) is 0 Å². The molecule has 0 saturated heterocycles. The van der Waals surface area contributed by atoms with Crippen LogP contribution in [0.25, 0.3) is 0 Å². The number of nitrogens with one attached hydrogen (secondary N) is 1. The lowest BCUT2D eigenvalue weighted by molar-refractivity contribution is 0.466. The number of H-pyrrole nitrogens is 1. The number of aromatic nitrogens is 2. The largest absolute Gasteiger partial charge is 0.389 e. The van der Waals surface area contributed by atoms with Crippen LogP contribution >= 0.6 is 12.2 Å². The highest BCUT2D eigenvalue weighted by molar-refractivity contribution is 7.88. The summed E-state index contributed by atoms with van der Waals surface area (Å²) in [5, 5.41) is 6.45. The van der Waals surface area contributed by atoms with E-state index in [-0.39, 0.29) is 17.3 Å². The van der Waals surface area contributed by atoms with Gasteiger partial charge in [-0.2, -0.15) is 5.10 Å². The second-order valence-corrected chi connectivity index (χ2v) is 7.20. The Morgan fingerprint density at radius 3 is 2.81 bits per heavy atom. The van der Waals surface area contributed by atoms with Gasteiger partial charge in [-0.15, -0.1) is 0 Å². The van der Waals surface area contributed by atoms with Crippen molar-refractivity contribution in [3.05, 3.63) is 53.3 Å². The zero-order valence-corrected chi connectivity index (χ0v) is 13.1. The van der Waals surface area contributed by atoms with Gasteiger partial charge in [-0.05, 0) is 11.6 Å². The van der Waals surface area contributed by atoms with Gasteiger partial charge in [0, 0.05) is 30.9 Å². The lowest BCUT2D eigenvalue weighted by Gasteiger charge is -2.16. The molecular weight excluding hydrogens is 308 g/mol. The zero-order valence-electron chi connectivity index (χ0n) is 11.5. The Labute approximate surface area is 129 Å². The molecule has 0 unspecified atom stereocenters. The number of sulfonamides is 1. The molecule has 6 nitrogen and oxygen atoms in total. The third kappa shape index (κ3) is 4.10. The van der Waals surface area contributed by atoms with Crippen molar-refractivity contribution in [3.63, 3.8) is 0 Å². The third-order valence-corrected chi connectivity index (χ3v) is 5.01. The highest BCUT2D eigenvalue weighted by Crippen LogP contribution is 2.14. The maximum absolute atomic E-state index is 12.3. The van der Waals surface area contributed by atoms with Crippen LogP contribution in [-0.2, 0) is 22.3 Å². The second-order valence-electron chi connectivity index (χ2n) is 4.68. The van der Waals surface area contributed by atoms with Gasteiger partial charge in [0.25, 0.3) is 0 Å². The van der Waals surface area contributed by atoms with Crippen molar-refractivity contribution in [1.82, 2.24) is 14.5 Å². The molecule has 0 fully saturated rings. The standard InChI is InChI=1S/C13H16N4O2S2/c1-17(8-11-6-15-16-7-11)21(18,19)9-10-3-2-4-12(5-10)13(14)20/h2-7H,8-9H2,1H3,(H2,14,20)(H,15,16). The van der Waals surface area contributed by atoms with E-state index in [1.54, 1.807) is 43.7 Å². The van der Waals surface area contributed by atoms with Gasteiger partial charge in [0.15, 0.2) is 0 Å². The van der Waals surface area contributed by atoms with Crippen molar-refractivity contribution in [2.75, 3.05) is 7.05 Å². The number of rotatable bonds is 6. The summed E-state index contributed by atoms with van der Waals surface area (Å²) >= 11 is 4.90. The Kier molecular flexibility index (Phi) is 4.71. The molecule has 1 aromatic carbocycles. The first-order chi connectivity index (χ1) is 9.88. The van der Waals surface area contributed by atoms with E-state index in [0.29, 0.717) is 11.1 Å². The van der Waals surface area contributed by atoms with Crippen molar-refractivity contribution in [1.29, 1.82) is 0 Å². The highest BCUT2D eigenvalue weighted by atomic mass is 32.2. The van der Waals surface area contributed by atoms with Crippen molar-refractivity contribution in [2.24, 2.45) is 5.73 Å². The van der Waals surface area contributed by atoms with Gasteiger partial charge in [-0.25, -0.2) is 12.7 Å². The van der Waals surface area contributed by atoms with Gasteiger partial charge >= 0.3 is 0 Å². The molecule has 0 saturated carbocycles. The SMILES string of the molecule is CN(Cc1cn[nH]c1)S(=O)(=O)Cc1cccc(C(N)=S)c1. The van der Waals surface area contributed by atoms with Gasteiger partial charge in [0.05, 0.1) is 11.9 Å². The van der Waals surface area contributed by atoms with E-state index < -0.39 is 10.0 Å². The number of aromatic amines is 1. The summed E-state index contributed by atoms with van der Waals surface area (Å²) < 4.78 is 26.0. The maximum Gasteiger partial charge on any atom is 0.218 e. The molecule has 2 rings (SSSR count). The minimum Gasteiger partial charge on any atom is -0.389 e. The van der Waals surface area contributed by atoms with Gasteiger partial charge < -0.3 is 5.73 Å². The Balaban J connectivity index is 2.13. The van der Waals surface area contributed by atoms with Gasteiger partial charge in [-0.3, -0.25) is 5.10 Å². The molecule has 0 aliphatic heterocycles. The number of benzene rings is 1. The predicted molar refractivity (Wildman–Crippen MR) is 85.0 cm³/mol. The molecule has 112 valence electrons. The normalized spacial score (nSPS) is 11.7. The van der Waals surface area contributed by atoms with Crippen LogP contribution in [0, 0.1) is 0 Å². The summed E-state index contributed by atoms with van der Waals surface area (Å²) in [6, 6.07) is 6.94. The minimum atomic E-state index is -3.42. The average molecular weight is 324 g/mol. The maximum atomic E-state index is 12.3. The molecule has 1 aromatic heterocycles. The summed E-state index contributed by atoms with van der Waals surface area (Å²) in [5.74, 6) is -0.0994. The molecule has 0 aliphatic rings. The summed E-state index contributed by atoms with van der Waals surface area (Å²) in [6.07, 6.45) is 3.26. The van der Waals surface area contributed by atoms with Crippen LogP contribution < -0.4 is 5.73 Å². The van der Waals surface area contributed by atoms with E-state index in [4.69, 9.17) is 18.0 Å². The summed E-state index contributed by atoms with van der Waals surface area (Å²) in [5.41, 5.74) is 7.68. The van der Waals surface area contributed by atoms with Crippen molar-refractivity contribution < 1.29 is 8.42 Å². The molecule has 0 radical (unpaired) electrons. The fourth-order valence-electron chi connectivity index (χ4n) is 1.85. The molecule has 3 N–H and O–H groups in total. The molecule has 0 amide bonds. The highest BCUT2D eigenvalue weighted by Gasteiger charge is 2.19. The number of hydrogen-bond donors (Lipinski definition) is 2. The van der Waals surface area contributed by atoms with Crippen LogP contribution in [0.3, 0.4) is 0 Å². The van der Waals surface area contributed by atoms with Crippen LogP contribution in [0.15, 0.2) is 36.7 Å². The predicted octanol–water partition coefficient (Wildman–Crippen LogP) is 1.01. The van der Waals surface area contributed by atoms with Crippen molar-refractivity contribution >= 4 is 27.2 Å². The van der Waals surface area contributed by atoms with E-state index >= 15 is 0 Å². The van der Waals surface area contributed by atoms with Gasteiger partial charge in [0.1, 0.15) is 4.99 Å². The Bertz CT molecular complexity index is 726. The first kappa shape index (κ1) is 15.6. The summed E-state index contributed by atoms with van der Waals surface area (Å²) in [6.45, 7) is 0.272. The average Bonchev–Trinajstić information content (AvgIpc) is 2.91. The van der Waals surface area contributed by atoms with E-state index in [1.807, 2.05) is 0 Å². The summed E-state index contributed by atoms with van der Waals surface area (Å²) in [7, 11) is -1.88. The lowest BCUT2D eigenvalue weighted by Crippen LogP contribution is -2.27. The smallest absolute Gasteiger partial charge is 0.218 e. The van der Waals surface area contributed by atoms with E-state index in [0.717, 1.165) is 5.56 Å². The fourth-order valence-corrected chi connectivity index (χ4v) is 3.15. The quantitative estimate of drug-likeness (QED) is 0.774. The molecule has 2 aromatic rings. The van der Waals surface area contributed by atoms with E-state index in [9.17, 15) is 8.42 Å². The Morgan fingerprint density at radius 1 is 1.43 bits per heavy atom. The molecule has 0 bridgehead atoms. The number of thiocarbonyl (C=S) groups is 1. The lowest BCUT2D eigenvalue weighted by atomic mass is 10.1. The minimum absolute atomic E-state index is 0.0994. The van der Waals surface area contributed by atoms with E-state index in [2.05, 4.69) is 10.2 Å². The zero-order chi connectivity index (χ0) is 15.5. The van der Waals surface area contributed by atoms with Crippen LogP contribution in [0.4, 0.5) is 0 Å². The second kappa shape index (κ2) is 6.33. The Morgan fingerprint density at radius 2 is 2.19 bits per heavy atom. The fraction of sp³-hybridized carbons (Fsp3) is 0.231. The monoisotopic (exact) mass is 324 g/mol. The van der Waals surface area contributed by atoms with Crippen LogP contribution in [0.1, 0.15) is 16.7 Å². The first-order valence-corrected chi connectivity index (χ1v) is 8.20. The number of nitrogens with zero attached hydrogens (tertiary/aromatic N) is 2. The molecule has 0 spiro atoms. The number of nitrogens with two attached hydrogens (primary N) is 1. The third-order valence-electron chi connectivity index (χ3n) is 3.00. The van der Waals surface area contributed by atoms with Crippen molar-refractivity contribution in [2.45, 2.75) is 12.3 Å². The first-order valence-electron chi connectivity index (χ1n) is 6.19. The molecular formula is C13H16N4O2S2. The molecule has 21 heavy (non-hydrogen) atoms. The van der Waals surface area contributed by atoms with E-state index in [1.165, 1.54) is 4.31 Å². The number of hydrogen-bond acceptors (Lipinski definition) is 4. The van der Waals surface area contributed by atoms with Crippen LogP contribution in [0.2, 0.25) is 0 Å². The molecule has 8 heteroatoms. The van der Waals surface area contributed by atoms with Gasteiger partial charge in [0.2, 0.25) is 10.0 Å². The van der Waals surface area contributed by atoms with Gasteiger partial charge in [-0.1, -0.05) is 30.4 Å². The Hall–Kier alpha value is -1.77. The molecule has 0 aliphatic carbocycles. The van der Waals surface area contributed by atoms with Crippen molar-refractivity contribution in [3.8, 4) is 0 Å².